The Kier molecular flexibility index (Phi) is 8.55. The predicted octanol–water partition coefficient (Wildman–Crippen LogP) is 4.05. The first-order valence-corrected chi connectivity index (χ1v) is 15.2. The van der Waals surface area contributed by atoms with Crippen LogP contribution in [0.4, 0.5) is 32.8 Å². The van der Waals surface area contributed by atoms with Crippen LogP contribution < -0.4 is 27.0 Å². The minimum absolute atomic E-state index is 0.0645. The molecule has 6 rings (SSSR count). The Balaban J connectivity index is 1.24. The molecule has 12 heteroatoms. The minimum atomic E-state index is -0.371. The molecule has 3 heterocycles. The SMILES string of the molecule is [B]N1CCCC1C(=O)Nc1ccc(C2CCC(c3ccc(NC(=O)C4CCCN4[B])c(N)c3)N2c2ccc(F)cc2)cc1N. The summed E-state index contributed by atoms with van der Waals surface area (Å²) in [5.41, 5.74) is 17.8. The van der Waals surface area contributed by atoms with Crippen molar-refractivity contribution in [3.05, 3.63) is 77.6 Å². The summed E-state index contributed by atoms with van der Waals surface area (Å²) >= 11 is 0. The zero-order valence-corrected chi connectivity index (χ0v) is 24.6. The zero-order valence-electron chi connectivity index (χ0n) is 24.6. The summed E-state index contributed by atoms with van der Waals surface area (Å²) in [6.45, 7) is 1.37. The van der Waals surface area contributed by atoms with E-state index in [1.54, 1.807) is 21.8 Å². The smallest absolute Gasteiger partial charge is 0.240 e. The normalized spacial score (nSPS) is 24.1. The first-order valence-electron chi connectivity index (χ1n) is 15.2. The van der Waals surface area contributed by atoms with Crippen LogP contribution >= 0.6 is 0 Å². The van der Waals surface area contributed by atoms with Crippen LogP contribution in [0.2, 0.25) is 0 Å². The molecule has 2 amide bonds. The zero-order chi connectivity index (χ0) is 31.0. The van der Waals surface area contributed by atoms with Gasteiger partial charge in [0.05, 0.1) is 46.9 Å². The first-order chi connectivity index (χ1) is 21.2. The van der Waals surface area contributed by atoms with E-state index in [1.807, 2.05) is 36.4 Å². The summed E-state index contributed by atoms with van der Waals surface area (Å²) in [5, 5.41) is 5.87. The summed E-state index contributed by atoms with van der Waals surface area (Å²) in [6.07, 6.45) is 4.79. The van der Waals surface area contributed by atoms with Crippen molar-refractivity contribution in [2.75, 3.05) is 40.1 Å². The van der Waals surface area contributed by atoms with Crippen LogP contribution in [0, 0.1) is 5.82 Å². The second-order valence-electron chi connectivity index (χ2n) is 12.0. The molecule has 9 nitrogen and oxygen atoms in total. The number of carbonyl (C=O) groups is 2. The Morgan fingerprint density at radius 2 is 1.16 bits per heavy atom. The molecule has 44 heavy (non-hydrogen) atoms. The maximum Gasteiger partial charge on any atom is 0.240 e. The molecule has 3 saturated heterocycles. The molecule has 0 aliphatic carbocycles. The number of hydrogen-bond donors (Lipinski definition) is 4. The van der Waals surface area contributed by atoms with Crippen LogP contribution in [0.25, 0.3) is 0 Å². The highest BCUT2D eigenvalue weighted by Gasteiger charge is 2.36. The maximum absolute atomic E-state index is 13.9. The van der Waals surface area contributed by atoms with Crippen LogP contribution in [0.1, 0.15) is 61.7 Å². The van der Waals surface area contributed by atoms with Crippen molar-refractivity contribution in [3.63, 3.8) is 0 Å². The molecule has 224 valence electrons. The van der Waals surface area contributed by atoms with Gasteiger partial charge in [0.15, 0.2) is 16.0 Å². The highest BCUT2D eigenvalue weighted by Crippen LogP contribution is 2.48. The Morgan fingerprint density at radius 3 is 1.55 bits per heavy atom. The number of rotatable bonds is 7. The molecular weight excluding hydrogens is 555 g/mol. The molecule has 0 saturated carbocycles. The third kappa shape index (κ3) is 6.01. The van der Waals surface area contributed by atoms with Gasteiger partial charge in [-0.3, -0.25) is 9.59 Å². The predicted molar refractivity (Wildman–Crippen MR) is 174 cm³/mol. The van der Waals surface area contributed by atoms with Gasteiger partial charge in [-0.25, -0.2) is 4.39 Å². The molecule has 4 radical (unpaired) electrons. The van der Waals surface area contributed by atoms with E-state index in [-0.39, 0.29) is 41.8 Å². The van der Waals surface area contributed by atoms with Crippen LogP contribution in [-0.4, -0.2) is 62.6 Å². The molecule has 6 N–H and O–H groups in total. The van der Waals surface area contributed by atoms with Gasteiger partial charge in [-0.1, -0.05) is 12.1 Å². The van der Waals surface area contributed by atoms with Gasteiger partial charge in [0.25, 0.3) is 0 Å². The molecule has 3 fully saturated rings. The van der Waals surface area contributed by atoms with Gasteiger partial charge in [-0.15, -0.1) is 0 Å². The van der Waals surface area contributed by atoms with E-state index in [1.165, 1.54) is 12.1 Å². The van der Waals surface area contributed by atoms with E-state index in [4.69, 9.17) is 27.4 Å². The summed E-state index contributed by atoms with van der Waals surface area (Å²) in [4.78, 5) is 31.0. The second-order valence-corrected chi connectivity index (χ2v) is 12.0. The third-order valence-corrected chi connectivity index (χ3v) is 9.14. The Labute approximate surface area is 260 Å². The van der Waals surface area contributed by atoms with E-state index >= 15 is 0 Å². The molecule has 3 aliphatic heterocycles. The van der Waals surface area contributed by atoms with Crippen molar-refractivity contribution < 1.29 is 14.0 Å². The lowest BCUT2D eigenvalue weighted by Gasteiger charge is -2.34. The van der Waals surface area contributed by atoms with E-state index in [0.29, 0.717) is 48.7 Å². The lowest BCUT2D eigenvalue weighted by atomic mass is 10.0. The lowest BCUT2D eigenvalue weighted by molar-refractivity contribution is -0.119. The molecule has 0 spiro atoms. The van der Waals surface area contributed by atoms with Gasteiger partial charge in [0.2, 0.25) is 11.8 Å². The number of anilines is 5. The van der Waals surface area contributed by atoms with Crippen LogP contribution in [0.3, 0.4) is 0 Å². The molecular formula is C32H36B2FN7O2. The van der Waals surface area contributed by atoms with E-state index in [2.05, 4.69) is 15.5 Å². The molecule has 3 aliphatic rings. The van der Waals surface area contributed by atoms with Gasteiger partial charge < -0.3 is 36.6 Å². The van der Waals surface area contributed by atoms with Gasteiger partial charge in [0.1, 0.15) is 5.82 Å². The fourth-order valence-electron chi connectivity index (χ4n) is 6.82. The maximum atomic E-state index is 13.9. The second kappa shape index (κ2) is 12.5. The molecule has 0 aromatic heterocycles. The van der Waals surface area contributed by atoms with Crippen molar-refractivity contribution >= 4 is 56.2 Å². The molecule has 4 unspecified atom stereocenters. The first kappa shape index (κ1) is 30.0. The summed E-state index contributed by atoms with van der Waals surface area (Å²) < 4.78 is 13.9. The topological polar surface area (TPSA) is 120 Å². The van der Waals surface area contributed by atoms with Crippen molar-refractivity contribution in [1.29, 1.82) is 0 Å². The number of hydrogen-bond acceptors (Lipinski definition) is 7. The molecule has 3 aromatic carbocycles. The number of amides is 2. The highest BCUT2D eigenvalue weighted by molar-refractivity contribution is 6.09. The van der Waals surface area contributed by atoms with Crippen molar-refractivity contribution in [3.8, 4) is 0 Å². The van der Waals surface area contributed by atoms with Gasteiger partial charge >= 0.3 is 0 Å². The summed E-state index contributed by atoms with van der Waals surface area (Å²) in [7, 11) is 11.9. The standard InChI is InChI=1S/C32H36B2FN7O2/c33-40-15-1-3-29(40)31(43)38-25-11-5-19(17-23(25)36)27-13-14-28(42(27)22-9-7-21(35)8-10-22)20-6-12-26(24(37)18-20)39-32(44)30-4-2-16-41(30)34/h5-12,17-18,27-30H,1-4,13-16,36-37H2,(H,38,43)(H,39,44). The van der Waals surface area contributed by atoms with Crippen molar-refractivity contribution in [2.45, 2.75) is 62.7 Å². The lowest BCUT2D eigenvalue weighted by Crippen LogP contribution is -2.38. The fourth-order valence-corrected chi connectivity index (χ4v) is 6.82. The van der Waals surface area contributed by atoms with Crippen LogP contribution in [-0.2, 0) is 9.59 Å². The number of nitrogens with two attached hydrogens (primary N) is 2. The van der Waals surface area contributed by atoms with Crippen molar-refractivity contribution in [2.24, 2.45) is 0 Å². The van der Waals surface area contributed by atoms with E-state index in [0.717, 1.165) is 42.5 Å². The average Bonchev–Trinajstić information content (AvgIpc) is 3.75. The summed E-state index contributed by atoms with van der Waals surface area (Å²) in [6, 6.07) is 17.0. The quantitative estimate of drug-likeness (QED) is 0.242. The summed E-state index contributed by atoms with van der Waals surface area (Å²) in [5.74, 6) is -0.648. The Morgan fingerprint density at radius 1 is 0.705 bits per heavy atom. The van der Waals surface area contributed by atoms with Crippen LogP contribution in [0.5, 0.6) is 0 Å². The van der Waals surface area contributed by atoms with Crippen LogP contribution in [0.15, 0.2) is 60.7 Å². The number of nitrogen functional groups attached to an aromatic ring is 2. The van der Waals surface area contributed by atoms with E-state index in [9.17, 15) is 14.0 Å². The molecule has 0 bridgehead atoms. The molecule has 3 aromatic rings. The third-order valence-electron chi connectivity index (χ3n) is 9.14. The number of nitrogens with one attached hydrogen (secondary N) is 2. The minimum Gasteiger partial charge on any atom is -0.397 e. The Hall–Kier alpha value is -4.02. The highest BCUT2D eigenvalue weighted by atomic mass is 19.1. The van der Waals surface area contributed by atoms with Gasteiger partial charge in [0, 0.05) is 5.69 Å². The largest absolute Gasteiger partial charge is 0.397 e. The Bertz CT molecular complexity index is 1450. The number of nitrogens with zero attached hydrogens (tertiary/aromatic N) is 3. The van der Waals surface area contributed by atoms with Gasteiger partial charge in [-0.2, -0.15) is 0 Å². The van der Waals surface area contributed by atoms with Gasteiger partial charge in [-0.05, 0) is 111 Å². The van der Waals surface area contributed by atoms with Crippen molar-refractivity contribution in [1.82, 2.24) is 9.62 Å². The average molecular weight is 591 g/mol. The fraction of sp³-hybridized carbons (Fsp3) is 0.375. The number of halogens is 1. The van der Waals surface area contributed by atoms with E-state index < -0.39 is 0 Å². The monoisotopic (exact) mass is 591 g/mol. The molecule has 4 atom stereocenters. The number of benzene rings is 3. The number of carbonyl (C=O) groups excluding carboxylic acids is 2.